The van der Waals surface area contributed by atoms with Crippen LogP contribution in [0.1, 0.15) is 12.8 Å². The zero-order valence-electron chi connectivity index (χ0n) is 8.13. The molecule has 0 amide bonds. The number of alkyl halides is 1. The SMILES string of the molecule is C=C1CC2CB(OC)CC(C2)C1Br. The number of hydrogen-bond donors (Lipinski definition) is 0. The molecular formula is C10H16BBrO. The fourth-order valence-electron chi connectivity index (χ4n) is 2.84. The molecule has 1 saturated carbocycles. The average Bonchev–Trinajstić information content (AvgIpc) is 2.14. The normalized spacial score (nSPS) is 39.4. The van der Waals surface area contributed by atoms with Crippen LogP contribution in [-0.4, -0.2) is 18.9 Å². The maximum Gasteiger partial charge on any atom is 0.293 e. The van der Waals surface area contributed by atoms with Gasteiger partial charge < -0.3 is 4.65 Å². The Morgan fingerprint density at radius 2 is 2.31 bits per heavy atom. The molecule has 0 aromatic rings. The molecule has 1 saturated heterocycles. The van der Waals surface area contributed by atoms with E-state index in [2.05, 4.69) is 22.5 Å². The summed E-state index contributed by atoms with van der Waals surface area (Å²) in [5.74, 6) is 1.61. The van der Waals surface area contributed by atoms with Crippen LogP contribution in [0.4, 0.5) is 0 Å². The molecule has 72 valence electrons. The van der Waals surface area contributed by atoms with E-state index in [-0.39, 0.29) is 0 Å². The zero-order valence-corrected chi connectivity index (χ0v) is 9.72. The molecule has 2 rings (SSSR count). The van der Waals surface area contributed by atoms with Gasteiger partial charge in [-0.2, -0.15) is 0 Å². The van der Waals surface area contributed by atoms with Gasteiger partial charge in [0.2, 0.25) is 0 Å². The molecule has 0 radical (unpaired) electrons. The molecular weight excluding hydrogens is 227 g/mol. The monoisotopic (exact) mass is 242 g/mol. The first-order valence-electron chi connectivity index (χ1n) is 5.05. The summed E-state index contributed by atoms with van der Waals surface area (Å²) in [7, 11) is 1.84. The van der Waals surface area contributed by atoms with Crippen LogP contribution >= 0.6 is 15.9 Å². The molecule has 3 atom stereocenters. The van der Waals surface area contributed by atoms with Crippen molar-refractivity contribution >= 4 is 22.8 Å². The lowest BCUT2D eigenvalue weighted by Gasteiger charge is -2.41. The first-order chi connectivity index (χ1) is 6.20. The van der Waals surface area contributed by atoms with Crippen LogP contribution in [0.3, 0.4) is 0 Å². The van der Waals surface area contributed by atoms with E-state index in [1.807, 2.05) is 7.11 Å². The summed E-state index contributed by atoms with van der Waals surface area (Å²) in [6.07, 6.45) is 5.02. The molecule has 0 aromatic heterocycles. The van der Waals surface area contributed by atoms with E-state index >= 15 is 0 Å². The molecule has 1 nitrogen and oxygen atoms in total. The van der Waals surface area contributed by atoms with Crippen LogP contribution in [0, 0.1) is 11.8 Å². The Morgan fingerprint density at radius 1 is 1.54 bits per heavy atom. The topological polar surface area (TPSA) is 9.23 Å². The number of allylic oxidation sites excluding steroid dienone is 1. The third-order valence-corrected chi connectivity index (χ3v) is 4.88. The van der Waals surface area contributed by atoms with Crippen LogP contribution in [-0.2, 0) is 4.65 Å². The summed E-state index contributed by atoms with van der Waals surface area (Å²) >= 11 is 3.74. The molecule has 3 heteroatoms. The van der Waals surface area contributed by atoms with Crippen LogP contribution in [0.15, 0.2) is 12.2 Å². The minimum atomic E-state index is 0.497. The third-order valence-electron chi connectivity index (χ3n) is 3.49. The van der Waals surface area contributed by atoms with Gasteiger partial charge in [0.25, 0.3) is 6.92 Å². The number of fused-ring (bicyclic) bond motifs is 2. The highest BCUT2D eigenvalue weighted by Gasteiger charge is 2.40. The standard InChI is InChI=1S/C10H16BBrO/c1-7-3-8-4-9(10(7)12)6-11(5-8)13-2/h8-10H,1,3-6H2,2H3. The number of hydrogen-bond acceptors (Lipinski definition) is 1. The van der Waals surface area contributed by atoms with Crippen molar-refractivity contribution < 1.29 is 4.65 Å². The molecule has 2 fully saturated rings. The molecule has 1 aliphatic heterocycles. The van der Waals surface area contributed by atoms with Crippen LogP contribution in [0.25, 0.3) is 0 Å². The summed E-state index contributed by atoms with van der Waals surface area (Å²) < 4.78 is 5.46. The fraction of sp³-hybridized carbons (Fsp3) is 0.800. The minimum Gasteiger partial charge on any atom is -0.438 e. The van der Waals surface area contributed by atoms with Gasteiger partial charge in [-0.3, -0.25) is 0 Å². The van der Waals surface area contributed by atoms with Gasteiger partial charge in [-0.15, -0.1) is 0 Å². The smallest absolute Gasteiger partial charge is 0.293 e. The molecule has 0 spiro atoms. The second-order valence-corrected chi connectivity index (χ2v) is 5.44. The Balaban J connectivity index is 2.07. The first-order valence-corrected chi connectivity index (χ1v) is 5.96. The van der Waals surface area contributed by atoms with E-state index in [1.165, 1.54) is 31.1 Å². The molecule has 1 heterocycles. The van der Waals surface area contributed by atoms with Gasteiger partial charge in [0.15, 0.2) is 0 Å². The van der Waals surface area contributed by atoms with Crippen molar-refractivity contribution in [3.63, 3.8) is 0 Å². The maximum absolute atomic E-state index is 5.46. The Kier molecular flexibility index (Phi) is 2.84. The lowest BCUT2D eigenvalue weighted by molar-refractivity contribution is 0.303. The minimum absolute atomic E-state index is 0.497. The summed E-state index contributed by atoms with van der Waals surface area (Å²) in [5.41, 5.74) is 1.40. The van der Waals surface area contributed by atoms with Gasteiger partial charge in [0.1, 0.15) is 0 Å². The van der Waals surface area contributed by atoms with Gasteiger partial charge in [-0.1, -0.05) is 28.1 Å². The van der Waals surface area contributed by atoms with Crippen molar-refractivity contribution in [1.82, 2.24) is 0 Å². The van der Waals surface area contributed by atoms with Crippen molar-refractivity contribution in [3.05, 3.63) is 12.2 Å². The Hall–Kier alpha value is 0.245. The van der Waals surface area contributed by atoms with Crippen LogP contribution in [0.5, 0.6) is 0 Å². The molecule has 0 N–H and O–H groups in total. The Morgan fingerprint density at radius 3 is 3.00 bits per heavy atom. The highest BCUT2D eigenvalue weighted by atomic mass is 79.9. The van der Waals surface area contributed by atoms with Gasteiger partial charge in [0.05, 0.1) is 0 Å². The number of rotatable bonds is 1. The molecule has 0 aromatic carbocycles. The van der Waals surface area contributed by atoms with Crippen molar-refractivity contribution in [2.24, 2.45) is 11.8 Å². The number of halogens is 1. The van der Waals surface area contributed by atoms with Gasteiger partial charge in [-0.05, 0) is 37.3 Å². The van der Waals surface area contributed by atoms with Crippen molar-refractivity contribution in [1.29, 1.82) is 0 Å². The van der Waals surface area contributed by atoms with Gasteiger partial charge in [-0.25, -0.2) is 0 Å². The van der Waals surface area contributed by atoms with E-state index < -0.39 is 0 Å². The molecule has 2 aliphatic rings. The summed E-state index contributed by atoms with van der Waals surface area (Å²) in [4.78, 5) is 0.543. The zero-order chi connectivity index (χ0) is 9.42. The lowest BCUT2D eigenvalue weighted by Crippen LogP contribution is -2.38. The third kappa shape index (κ3) is 1.87. The van der Waals surface area contributed by atoms with Crippen LogP contribution in [0.2, 0.25) is 12.6 Å². The summed E-state index contributed by atoms with van der Waals surface area (Å²) in [6, 6.07) is 0. The molecule has 1 aliphatic carbocycles. The van der Waals surface area contributed by atoms with Gasteiger partial charge in [0, 0.05) is 11.9 Å². The van der Waals surface area contributed by atoms with Crippen molar-refractivity contribution in [3.8, 4) is 0 Å². The van der Waals surface area contributed by atoms with Crippen molar-refractivity contribution in [2.45, 2.75) is 30.3 Å². The second-order valence-electron chi connectivity index (χ2n) is 4.46. The van der Waals surface area contributed by atoms with E-state index in [0.29, 0.717) is 11.7 Å². The second kappa shape index (κ2) is 3.78. The lowest BCUT2D eigenvalue weighted by atomic mass is 9.47. The molecule has 3 unspecified atom stereocenters. The Labute approximate surface area is 89.2 Å². The van der Waals surface area contributed by atoms with Crippen molar-refractivity contribution in [2.75, 3.05) is 7.11 Å². The predicted octanol–water partition coefficient (Wildman–Crippen LogP) is 2.98. The van der Waals surface area contributed by atoms with E-state index in [1.54, 1.807) is 0 Å². The quantitative estimate of drug-likeness (QED) is 0.390. The van der Waals surface area contributed by atoms with E-state index in [4.69, 9.17) is 4.65 Å². The fourth-order valence-corrected chi connectivity index (χ4v) is 3.46. The highest BCUT2D eigenvalue weighted by molar-refractivity contribution is 9.09. The first kappa shape index (κ1) is 9.79. The van der Waals surface area contributed by atoms with E-state index in [9.17, 15) is 0 Å². The molecule has 2 bridgehead atoms. The van der Waals surface area contributed by atoms with Crippen LogP contribution < -0.4 is 0 Å². The average molecular weight is 243 g/mol. The Bertz CT molecular complexity index is 217. The van der Waals surface area contributed by atoms with E-state index in [0.717, 1.165) is 11.8 Å². The summed E-state index contributed by atoms with van der Waals surface area (Å²) in [6.45, 7) is 4.64. The maximum atomic E-state index is 5.46. The summed E-state index contributed by atoms with van der Waals surface area (Å²) in [5, 5.41) is 0. The largest absolute Gasteiger partial charge is 0.438 e. The highest BCUT2D eigenvalue weighted by Crippen LogP contribution is 2.45. The predicted molar refractivity (Wildman–Crippen MR) is 60.4 cm³/mol. The van der Waals surface area contributed by atoms with Gasteiger partial charge >= 0.3 is 0 Å². The molecule has 13 heavy (non-hydrogen) atoms.